The second kappa shape index (κ2) is 7.16. The van der Waals surface area contributed by atoms with Gasteiger partial charge in [-0.1, -0.05) is 12.6 Å². The van der Waals surface area contributed by atoms with E-state index in [2.05, 4.69) is 6.58 Å². The summed E-state index contributed by atoms with van der Waals surface area (Å²) in [7, 11) is 0. The van der Waals surface area contributed by atoms with Gasteiger partial charge >= 0.3 is 5.97 Å². The molecule has 0 fully saturated rings. The largest absolute Gasteiger partial charge is 0.475 e. The number of aliphatic carboxylic acids is 1. The Morgan fingerprint density at radius 1 is 1.44 bits per heavy atom. The minimum Gasteiger partial charge on any atom is -0.475 e. The normalized spacial score (nSPS) is 9.33. The molecule has 0 unspecified atom stereocenters. The SMILES string of the molecule is C=CC(=O)C(=O)O.Cc1ccc(N)cc1C(F)F. The Morgan fingerprint density at radius 2 is 2.00 bits per heavy atom. The van der Waals surface area contributed by atoms with Crippen molar-refractivity contribution in [2.24, 2.45) is 0 Å². The van der Waals surface area contributed by atoms with Crippen LogP contribution in [0.5, 0.6) is 0 Å². The van der Waals surface area contributed by atoms with Crippen LogP contribution in [0.15, 0.2) is 30.9 Å². The van der Waals surface area contributed by atoms with Crippen LogP contribution in [0, 0.1) is 6.92 Å². The van der Waals surface area contributed by atoms with Gasteiger partial charge in [0, 0.05) is 11.3 Å². The molecule has 0 bridgehead atoms. The minimum atomic E-state index is -2.43. The van der Waals surface area contributed by atoms with Crippen LogP contribution in [0.3, 0.4) is 0 Å². The van der Waals surface area contributed by atoms with Crippen molar-refractivity contribution in [3.8, 4) is 0 Å². The first-order chi connectivity index (χ1) is 8.29. The van der Waals surface area contributed by atoms with Gasteiger partial charge in [-0.2, -0.15) is 0 Å². The summed E-state index contributed by atoms with van der Waals surface area (Å²) >= 11 is 0. The molecule has 1 rings (SSSR count). The summed E-state index contributed by atoms with van der Waals surface area (Å²) in [6.07, 6.45) is -1.68. The van der Waals surface area contributed by atoms with Gasteiger partial charge in [0.25, 0.3) is 12.2 Å². The molecule has 0 aliphatic carbocycles. The van der Waals surface area contributed by atoms with E-state index in [0.717, 1.165) is 6.08 Å². The fourth-order valence-electron chi connectivity index (χ4n) is 0.981. The summed E-state index contributed by atoms with van der Waals surface area (Å²) in [6, 6.07) is 4.51. The third-order valence-corrected chi connectivity index (χ3v) is 1.93. The van der Waals surface area contributed by atoms with Crippen LogP contribution >= 0.6 is 0 Å². The zero-order valence-corrected chi connectivity index (χ0v) is 9.69. The molecule has 1 aromatic rings. The Kier molecular flexibility index (Phi) is 6.27. The molecule has 6 heteroatoms. The number of carboxylic acid groups (broad SMARTS) is 1. The van der Waals surface area contributed by atoms with Crippen LogP contribution in [0.1, 0.15) is 17.6 Å². The number of halogens is 2. The highest BCUT2D eigenvalue weighted by Gasteiger charge is 2.09. The van der Waals surface area contributed by atoms with Crippen molar-refractivity contribution in [1.29, 1.82) is 0 Å². The van der Waals surface area contributed by atoms with Gasteiger partial charge in [0.05, 0.1) is 0 Å². The Bertz CT molecular complexity index is 459. The van der Waals surface area contributed by atoms with Gasteiger partial charge in [0.1, 0.15) is 0 Å². The molecule has 0 spiro atoms. The van der Waals surface area contributed by atoms with E-state index in [0.29, 0.717) is 11.3 Å². The number of benzene rings is 1. The van der Waals surface area contributed by atoms with Crippen LogP contribution in [0.25, 0.3) is 0 Å². The lowest BCUT2D eigenvalue weighted by molar-refractivity contribution is -0.146. The Hall–Kier alpha value is -2.24. The van der Waals surface area contributed by atoms with E-state index in [-0.39, 0.29) is 5.56 Å². The maximum Gasteiger partial charge on any atom is 0.376 e. The molecule has 1 aromatic carbocycles. The van der Waals surface area contributed by atoms with Crippen molar-refractivity contribution in [3.05, 3.63) is 42.0 Å². The summed E-state index contributed by atoms with van der Waals surface area (Å²) in [5.74, 6) is -2.44. The first-order valence-corrected chi connectivity index (χ1v) is 4.83. The molecule has 0 heterocycles. The van der Waals surface area contributed by atoms with Crippen molar-refractivity contribution in [1.82, 2.24) is 0 Å². The second-order valence-electron chi connectivity index (χ2n) is 3.29. The van der Waals surface area contributed by atoms with Gasteiger partial charge in [0.15, 0.2) is 0 Å². The van der Waals surface area contributed by atoms with E-state index in [4.69, 9.17) is 10.8 Å². The number of carbonyl (C=O) groups excluding carboxylic acids is 1. The lowest BCUT2D eigenvalue weighted by atomic mass is 10.1. The number of nitrogen functional groups attached to an aromatic ring is 1. The molecule has 98 valence electrons. The predicted octanol–water partition coefficient (Wildman–Crippen LogP) is 2.34. The second-order valence-corrected chi connectivity index (χ2v) is 3.29. The zero-order valence-electron chi connectivity index (χ0n) is 9.69. The van der Waals surface area contributed by atoms with E-state index in [1.165, 1.54) is 6.07 Å². The van der Waals surface area contributed by atoms with Crippen LogP contribution in [-0.4, -0.2) is 16.9 Å². The highest BCUT2D eigenvalue weighted by molar-refractivity contribution is 6.37. The van der Waals surface area contributed by atoms with Crippen molar-refractivity contribution < 1.29 is 23.5 Å². The molecule has 0 saturated carbocycles. The molecule has 3 N–H and O–H groups in total. The van der Waals surface area contributed by atoms with E-state index in [1.54, 1.807) is 19.1 Å². The van der Waals surface area contributed by atoms with Crippen molar-refractivity contribution in [2.75, 3.05) is 5.73 Å². The summed E-state index contributed by atoms with van der Waals surface area (Å²) in [4.78, 5) is 19.3. The maximum absolute atomic E-state index is 12.2. The fourth-order valence-corrected chi connectivity index (χ4v) is 0.981. The van der Waals surface area contributed by atoms with Crippen molar-refractivity contribution >= 4 is 17.4 Å². The number of nitrogens with two attached hydrogens (primary N) is 1. The molecule has 0 amide bonds. The summed E-state index contributed by atoms with van der Waals surface area (Å²) in [6.45, 7) is 4.59. The molecule has 0 aliphatic heterocycles. The van der Waals surface area contributed by atoms with Gasteiger partial charge in [-0.05, 0) is 30.7 Å². The molecule has 0 radical (unpaired) electrons. The number of anilines is 1. The molecular formula is C12H13F2NO3. The van der Waals surface area contributed by atoms with Crippen LogP contribution in [0.2, 0.25) is 0 Å². The van der Waals surface area contributed by atoms with Crippen molar-refractivity contribution in [3.63, 3.8) is 0 Å². The highest BCUT2D eigenvalue weighted by Crippen LogP contribution is 2.24. The molecule has 0 saturated heterocycles. The average molecular weight is 257 g/mol. The van der Waals surface area contributed by atoms with Crippen LogP contribution in [0.4, 0.5) is 14.5 Å². The number of ketones is 1. The fraction of sp³-hybridized carbons (Fsp3) is 0.167. The molecule has 4 nitrogen and oxygen atoms in total. The highest BCUT2D eigenvalue weighted by atomic mass is 19.3. The van der Waals surface area contributed by atoms with Gasteiger partial charge in [-0.15, -0.1) is 0 Å². The van der Waals surface area contributed by atoms with Gasteiger partial charge < -0.3 is 10.8 Å². The average Bonchev–Trinajstić information content (AvgIpc) is 2.31. The number of alkyl halides is 2. The number of aryl methyl sites for hydroxylation is 1. The minimum absolute atomic E-state index is 0.0185. The van der Waals surface area contributed by atoms with Gasteiger partial charge in [-0.3, -0.25) is 4.79 Å². The number of carboxylic acids is 1. The van der Waals surface area contributed by atoms with E-state index < -0.39 is 18.2 Å². The molecule has 0 aliphatic rings. The number of carbonyl (C=O) groups is 2. The molecule has 0 aromatic heterocycles. The smallest absolute Gasteiger partial charge is 0.376 e. The quantitative estimate of drug-likeness (QED) is 0.494. The first kappa shape index (κ1) is 15.8. The summed E-state index contributed by atoms with van der Waals surface area (Å²) in [5.41, 5.74) is 6.31. The zero-order chi connectivity index (χ0) is 14.3. The number of rotatable bonds is 3. The standard InChI is InChI=1S/C8H9F2N.C4H4O3/c1-5-2-3-6(11)4-7(5)8(9)10;1-2-3(5)4(6)7/h2-4,8H,11H2,1H3;2H,1H2,(H,6,7). The van der Waals surface area contributed by atoms with Gasteiger partial charge in [-0.25, -0.2) is 13.6 Å². The number of hydrogen-bond donors (Lipinski definition) is 2. The van der Waals surface area contributed by atoms with Crippen LogP contribution in [-0.2, 0) is 9.59 Å². The van der Waals surface area contributed by atoms with E-state index in [1.807, 2.05) is 0 Å². The molecule has 18 heavy (non-hydrogen) atoms. The Balaban J connectivity index is 0.000000360. The van der Waals surface area contributed by atoms with Crippen LogP contribution < -0.4 is 5.73 Å². The first-order valence-electron chi connectivity index (χ1n) is 4.83. The monoisotopic (exact) mass is 257 g/mol. The summed E-state index contributed by atoms with van der Waals surface area (Å²) < 4.78 is 24.3. The van der Waals surface area contributed by atoms with Crippen molar-refractivity contribution in [2.45, 2.75) is 13.3 Å². The topological polar surface area (TPSA) is 80.4 Å². The number of hydrogen-bond acceptors (Lipinski definition) is 3. The molecule has 0 atom stereocenters. The summed E-state index contributed by atoms with van der Waals surface area (Å²) in [5, 5.41) is 7.76. The lowest BCUT2D eigenvalue weighted by Gasteiger charge is -2.04. The van der Waals surface area contributed by atoms with E-state index in [9.17, 15) is 18.4 Å². The third-order valence-electron chi connectivity index (χ3n) is 1.93. The lowest BCUT2D eigenvalue weighted by Crippen LogP contribution is -2.07. The predicted molar refractivity (Wildman–Crippen MR) is 63.4 cm³/mol. The Labute approximate surface area is 103 Å². The third kappa shape index (κ3) is 5.20. The Morgan fingerprint density at radius 3 is 2.28 bits per heavy atom. The van der Waals surface area contributed by atoms with Gasteiger partial charge in [0.2, 0.25) is 0 Å². The molecular weight excluding hydrogens is 244 g/mol. The van der Waals surface area contributed by atoms with E-state index >= 15 is 0 Å². The maximum atomic E-state index is 12.2.